The van der Waals surface area contributed by atoms with E-state index in [1.165, 1.54) is 32.8 Å². The summed E-state index contributed by atoms with van der Waals surface area (Å²) in [6.45, 7) is 1.70. The summed E-state index contributed by atoms with van der Waals surface area (Å²) in [6, 6.07) is 0.526. The van der Waals surface area contributed by atoms with Gasteiger partial charge in [-0.3, -0.25) is 4.79 Å². The highest BCUT2D eigenvalue weighted by atomic mass is 16.5. The number of likely N-dealkylation sites (tertiary alicyclic amines) is 1. The van der Waals surface area contributed by atoms with E-state index in [0.717, 1.165) is 6.42 Å². The van der Waals surface area contributed by atoms with Crippen LogP contribution in [0.15, 0.2) is 0 Å². The summed E-state index contributed by atoms with van der Waals surface area (Å²) < 4.78 is 4.56. The van der Waals surface area contributed by atoms with Gasteiger partial charge >= 0.3 is 6.09 Å². The van der Waals surface area contributed by atoms with Gasteiger partial charge in [0.05, 0.1) is 19.7 Å². The van der Waals surface area contributed by atoms with Crippen molar-refractivity contribution in [2.75, 3.05) is 26.7 Å². The minimum Gasteiger partial charge on any atom is -0.453 e. The highest BCUT2D eigenvalue weighted by Crippen LogP contribution is 2.17. The van der Waals surface area contributed by atoms with Crippen molar-refractivity contribution in [2.45, 2.75) is 44.2 Å². The number of ether oxygens (including phenoxy) is 1. The van der Waals surface area contributed by atoms with Gasteiger partial charge in [0, 0.05) is 19.1 Å². The number of hydrogen-bond donors (Lipinski definition) is 2. The average molecular weight is 269 g/mol. The molecule has 0 aromatic carbocycles. The van der Waals surface area contributed by atoms with Crippen LogP contribution in [0.25, 0.3) is 0 Å². The molecule has 1 unspecified atom stereocenters. The summed E-state index contributed by atoms with van der Waals surface area (Å²) in [5.41, 5.74) is 0. The van der Waals surface area contributed by atoms with Gasteiger partial charge in [0.1, 0.15) is 0 Å². The van der Waals surface area contributed by atoms with Gasteiger partial charge in [-0.1, -0.05) is 12.8 Å². The van der Waals surface area contributed by atoms with Crippen molar-refractivity contribution >= 4 is 12.0 Å². The second-order valence-electron chi connectivity index (χ2n) is 5.32. The zero-order valence-electron chi connectivity index (χ0n) is 11.5. The molecule has 0 aromatic rings. The first-order valence-corrected chi connectivity index (χ1v) is 7.04. The maximum atomic E-state index is 12.0. The zero-order valence-corrected chi connectivity index (χ0v) is 11.5. The van der Waals surface area contributed by atoms with Crippen LogP contribution < -0.4 is 10.6 Å². The lowest BCUT2D eigenvalue weighted by Gasteiger charge is -2.19. The van der Waals surface area contributed by atoms with Crippen molar-refractivity contribution in [2.24, 2.45) is 0 Å². The third-order valence-corrected chi connectivity index (χ3v) is 3.95. The fourth-order valence-electron chi connectivity index (χ4n) is 2.80. The molecule has 1 heterocycles. The Kier molecular flexibility index (Phi) is 5.01. The minimum atomic E-state index is -0.427. The molecule has 1 saturated carbocycles. The van der Waals surface area contributed by atoms with Crippen LogP contribution in [-0.2, 0) is 9.53 Å². The summed E-state index contributed by atoms with van der Waals surface area (Å²) in [5.74, 6) is 0.126. The molecule has 2 rings (SSSR count). The van der Waals surface area contributed by atoms with Crippen LogP contribution in [0.3, 0.4) is 0 Å². The fourth-order valence-corrected chi connectivity index (χ4v) is 2.80. The number of rotatable bonds is 4. The monoisotopic (exact) mass is 269 g/mol. The molecule has 0 radical (unpaired) electrons. The Morgan fingerprint density at radius 1 is 1.21 bits per heavy atom. The molecule has 1 aliphatic carbocycles. The van der Waals surface area contributed by atoms with Gasteiger partial charge in [0.2, 0.25) is 5.91 Å². The Labute approximate surface area is 113 Å². The van der Waals surface area contributed by atoms with Gasteiger partial charge < -0.3 is 20.3 Å². The van der Waals surface area contributed by atoms with Crippen molar-refractivity contribution in [1.82, 2.24) is 15.5 Å². The molecule has 0 spiro atoms. The molecule has 0 bridgehead atoms. The average Bonchev–Trinajstić information content (AvgIpc) is 3.07. The zero-order chi connectivity index (χ0) is 13.7. The van der Waals surface area contributed by atoms with E-state index in [1.54, 1.807) is 0 Å². The van der Waals surface area contributed by atoms with E-state index >= 15 is 0 Å². The van der Waals surface area contributed by atoms with Gasteiger partial charge in [0.15, 0.2) is 0 Å². The second kappa shape index (κ2) is 6.75. The maximum Gasteiger partial charge on any atom is 0.407 e. The topological polar surface area (TPSA) is 70.7 Å². The Bertz CT molecular complexity index is 329. The standard InChI is InChI=1S/C13H23N3O3/c1-19-13(18)15-11-6-7-16(9-11)12(17)8-14-10-4-2-3-5-10/h10-11,14H,2-9H2,1H3,(H,15,18). The fraction of sp³-hybridized carbons (Fsp3) is 0.846. The number of alkyl carbamates (subject to hydrolysis) is 1. The lowest BCUT2D eigenvalue weighted by atomic mass is 10.2. The lowest BCUT2D eigenvalue weighted by Crippen LogP contribution is -2.42. The summed E-state index contributed by atoms with van der Waals surface area (Å²) >= 11 is 0. The van der Waals surface area contributed by atoms with E-state index in [1.807, 2.05) is 4.90 Å². The molecule has 2 aliphatic rings. The highest BCUT2D eigenvalue weighted by molar-refractivity contribution is 5.78. The van der Waals surface area contributed by atoms with Crippen LogP contribution in [0.2, 0.25) is 0 Å². The Morgan fingerprint density at radius 2 is 1.95 bits per heavy atom. The first-order valence-electron chi connectivity index (χ1n) is 7.04. The third-order valence-electron chi connectivity index (χ3n) is 3.95. The number of carbonyl (C=O) groups is 2. The molecule has 1 saturated heterocycles. The van der Waals surface area contributed by atoms with Crippen LogP contribution >= 0.6 is 0 Å². The van der Waals surface area contributed by atoms with Crippen molar-refractivity contribution < 1.29 is 14.3 Å². The van der Waals surface area contributed by atoms with Gasteiger partial charge in [-0.05, 0) is 19.3 Å². The molecular weight excluding hydrogens is 246 g/mol. The largest absolute Gasteiger partial charge is 0.453 e. The SMILES string of the molecule is COC(=O)NC1CCN(C(=O)CNC2CCCC2)C1. The number of carbonyl (C=O) groups excluding carboxylic acids is 2. The van der Waals surface area contributed by atoms with E-state index in [-0.39, 0.29) is 11.9 Å². The predicted octanol–water partition coefficient (Wildman–Crippen LogP) is 0.475. The minimum absolute atomic E-state index is 0.0166. The van der Waals surface area contributed by atoms with E-state index in [9.17, 15) is 9.59 Å². The van der Waals surface area contributed by atoms with Crippen LogP contribution in [0.1, 0.15) is 32.1 Å². The molecule has 1 atom stereocenters. The molecular formula is C13H23N3O3. The van der Waals surface area contributed by atoms with Crippen molar-refractivity contribution in [3.05, 3.63) is 0 Å². The van der Waals surface area contributed by atoms with Crippen molar-refractivity contribution in [3.8, 4) is 0 Å². The Balaban J connectivity index is 1.67. The summed E-state index contributed by atoms with van der Waals surface area (Å²) in [7, 11) is 1.35. The summed E-state index contributed by atoms with van der Waals surface area (Å²) in [5, 5.41) is 6.06. The van der Waals surface area contributed by atoms with Crippen LogP contribution in [-0.4, -0.2) is 55.7 Å². The number of amides is 2. The van der Waals surface area contributed by atoms with Gasteiger partial charge in [0.25, 0.3) is 0 Å². The van der Waals surface area contributed by atoms with Crippen LogP contribution in [0.5, 0.6) is 0 Å². The van der Waals surface area contributed by atoms with Crippen molar-refractivity contribution in [1.29, 1.82) is 0 Å². The van der Waals surface area contributed by atoms with E-state index in [2.05, 4.69) is 15.4 Å². The van der Waals surface area contributed by atoms with E-state index in [0.29, 0.717) is 25.7 Å². The molecule has 2 N–H and O–H groups in total. The van der Waals surface area contributed by atoms with Crippen molar-refractivity contribution in [3.63, 3.8) is 0 Å². The molecule has 1 aliphatic heterocycles. The van der Waals surface area contributed by atoms with E-state index in [4.69, 9.17) is 0 Å². The Morgan fingerprint density at radius 3 is 2.63 bits per heavy atom. The number of nitrogens with zero attached hydrogens (tertiary/aromatic N) is 1. The molecule has 6 heteroatoms. The molecule has 0 aromatic heterocycles. The molecule has 2 fully saturated rings. The first-order chi connectivity index (χ1) is 9.19. The smallest absolute Gasteiger partial charge is 0.407 e. The number of methoxy groups -OCH3 is 1. The normalized spacial score (nSPS) is 23.6. The maximum absolute atomic E-state index is 12.0. The van der Waals surface area contributed by atoms with Crippen LogP contribution in [0.4, 0.5) is 4.79 Å². The number of nitrogens with one attached hydrogen (secondary N) is 2. The van der Waals surface area contributed by atoms with Gasteiger partial charge in [-0.15, -0.1) is 0 Å². The number of hydrogen-bond acceptors (Lipinski definition) is 4. The van der Waals surface area contributed by atoms with Gasteiger partial charge in [-0.25, -0.2) is 4.79 Å². The molecule has 19 heavy (non-hydrogen) atoms. The van der Waals surface area contributed by atoms with Gasteiger partial charge in [-0.2, -0.15) is 0 Å². The third kappa shape index (κ3) is 4.09. The first kappa shape index (κ1) is 14.1. The lowest BCUT2D eigenvalue weighted by molar-refractivity contribution is -0.129. The van der Waals surface area contributed by atoms with Crippen LogP contribution in [0, 0.1) is 0 Å². The summed E-state index contributed by atoms with van der Waals surface area (Å²) in [6.07, 6.45) is 5.26. The highest BCUT2D eigenvalue weighted by Gasteiger charge is 2.27. The molecule has 6 nitrogen and oxygen atoms in total. The predicted molar refractivity (Wildman–Crippen MR) is 70.8 cm³/mol. The summed E-state index contributed by atoms with van der Waals surface area (Å²) in [4.78, 5) is 24.9. The molecule has 108 valence electrons. The second-order valence-corrected chi connectivity index (χ2v) is 5.32. The molecule has 2 amide bonds. The van der Waals surface area contributed by atoms with E-state index < -0.39 is 6.09 Å². The Hall–Kier alpha value is -1.30. The quantitative estimate of drug-likeness (QED) is 0.778.